The van der Waals surface area contributed by atoms with Crippen LogP contribution < -0.4 is 5.73 Å². The number of nitrogens with two attached hydrogens (primary N) is 1. The van der Waals surface area contributed by atoms with Gasteiger partial charge in [0.05, 0.1) is 10.7 Å². The van der Waals surface area contributed by atoms with Gasteiger partial charge >= 0.3 is 0 Å². The standard InChI is InChI=1S/C17H19ClN4S/c1-20-17(21-10-19)12-6-4-3-5-11(12)14-8-22(2)9-15-13(14)7-16(18)23-15/h3-7,10,14H,8-9H2,1-2H3,(H2,19,20,21). The molecule has 0 saturated heterocycles. The maximum absolute atomic E-state index is 6.27. The summed E-state index contributed by atoms with van der Waals surface area (Å²) in [5.41, 5.74) is 9.02. The van der Waals surface area contributed by atoms with E-state index in [0.29, 0.717) is 5.84 Å². The van der Waals surface area contributed by atoms with Gasteiger partial charge in [-0.1, -0.05) is 35.9 Å². The first-order valence-corrected chi connectivity index (χ1v) is 8.60. The number of amidine groups is 1. The van der Waals surface area contributed by atoms with Crippen molar-refractivity contribution in [2.75, 3.05) is 20.6 Å². The van der Waals surface area contributed by atoms with Gasteiger partial charge in [0.1, 0.15) is 0 Å². The fraction of sp³-hybridized carbons (Fsp3) is 0.294. The maximum Gasteiger partial charge on any atom is 0.156 e. The summed E-state index contributed by atoms with van der Waals surface area (Å²) in [5.74, 6) is 0.910. The van der Waals surface area contributed by atoms with Crippen molar-refractivity contribution in [2.24, 2.45) is 15.7 Å². The van der Waals surface area contributed by atoms with Gasteiger partial charge in [-0.05, 0) is 24.2 Å². The Morgan fingerprint density at radius 3 is 2.91 bits per heavy atom. The number of rotatable bonds is 2. The first-order valence-electron chi connectivity index (χ1n) is 7.41. The molecule has 0 spiro atoms. The largest absolute Gasteiger partial charge is 0.390 e. The molecule has 1 aromatic heterocycles. The van der Waals surface area contributed by atoms with Gasteiger partial charge in [0.25, 0.3) is 0 Å². The zero-order valence-corrected chi connectivity index (χ0v) is 14.7. The molecule has 0 aliphatic carbocycles. The molecule has 2 aromatic rings. The van der Waals surface area contributed by atoms with Crippen LogP contribution in [-0.2, 0) is 6.54 Å². The predicted octanol–water partition coefficient (Wildman–Crippen LogP) is 3.34. The second-order valence-corrected chi connectivity index (χ2v) is 7.36. The molecule has 23 heavy (non-hydrogen) atoms. The molecule has 1 aromatic carbocycles. The molecule has 0 bridgehead atoms. The molecule has 2 heterocycles. The lowest BCUT2D eigenvalue weighted by Crippen LogP contribution is -2.30. The number of fused-ring (bicyclic) bond motifs is 1. The molecule has 3 rings (SSSR count). The Balaban J connectivity index is 2.13. The molecule has 0 amide bonds. The second kappa shape index (κ2) is 6.83. The smallest absolute Gasteiger partial charge is 0.156 e. The first kappa shape index (κ1) is 16.2. The monoisotopic (exact) mass is 346 g/mol. The van der Waals surface area contributed by atoms with Gasteiger partial charge in [-0.3, -0.25) is 4.99 Å². The van der Waals surface area contributed by atoms with Crippen LogP contribution in [0.3, 0.4) is 0 Å². The summed E-state index contributed by atoms with van der Waals surface area (Å²) < 4.78 is 0.845. The minimum Gasteiger partial charge on any atom is -0.390 e. The number of hydrogen-bond donors (Lipinski definition) is 1. The van der Waals surface area contributed by atoms with Crippen LogP contribution >= 0.6 is 22.9 Å². The van der Waals surface area contributed by atoms with Crippen molar-refractivity contribution < 1.29 is 0 Å². The van der Waals surface area contributed by atoms with Crippen molar-refractivity contribution in [1.29, 1.82) is 0 Å². The number of thiophene rings is 1. The molecule has 120 valence electrons. The number of likely N-dealkylation sites (N-methyl/N-ethyl adjacent to an activating group) is 1. The number of aliphatic imine (C=N–C) groups is 2. The quantitative estimate of drug-likeness (QED) is 0.669. The fourth-order valence-corrected chi connectivity index (χ4v) is 4.56. The van der Waals surface area contributed by atoms with Crippen molar-refractivity contribution in [3.8, 4) is 0 Å². The predicted molar refractivity (Wildman–Crippen MR) is 99.1 cm³/mol. The molecule has 0 radical (unpaired) electrons. The maximum atomic E-state index is 6.27. The third-order valence-corrected chi connectivity index (χ3v) is 5.35. The van der Waals surface area contributed by atoms with Gasteiger partial charge in [-0.2, -0.15) is 0 Å². The van der Waals surface area contributed by atoms with Crippen molar-refractivity contribution in [3.05, 3.63) is 56.2 Å². The zero-order chi connectivity index (χ0) is 16.4. The minimum atomic E-state index is 0.258. The van der Waals surface area contributed by atoms with E-state index in [-0.39, 0.29) is 5.92 Å². The Bertz CT molecular complexity index is 766. The van der Waals surface area contributed by atoms with Crippen LogP contribution in [0.15, 0.2) is 40.3 Å². The van der Waals surface area contributed by atoms with Gasteiger partial charge < -0.3 is 10.6 Å². The normalized spacial score (nSPS) is 19.3. The molecule has 0 fully saturated rings. The summed E-state index contributed by atoms with van der Waals surface area (Å²) in [4.78, 5) is 12.2. The van der Waals surface area contributed by atoms with Crippen LogP contribution in [0, 0.1) is 0 Å². The third kappa shape index (κ3) is 3.17. The number of halogens is 1. The Morgan fingerprint density at radius 2 is 2.17 bits per heavy atom. The van der Waals surface area contributed by atoms with Crippen molar-refractivity contribution in [2.45, 2.75) is 12.5 Å². The highest BCUT2D eigenvalue weighted by Gasteiger charge is 2.29. The number of hydrogen-bond acceptors (Lipinski definition) is 3. The SMILES string of the molecule is CN=C(N=CN)c1ccccc1C1CN(C)Cc2sc(Cl)cc21. The Labute approximate surface area is 145 Å². The van der Waals surface area contributed by atoms with Crippen molar-refractivity contribution in [3.63, 3.8) is 0 Å². The van der Waals surface area contributed by atoms with Gasteiger partial charge in [0.15, 0.2) is 5.84 Å². The molecule has 1 atom stereocenters. The Hall–Kier alpha value is -1.69. The lowest BCUT2D eigenvalue weighted by atomic mass is 9.85. The molecule has 2 N–H and O–H groups in total. The molecule has 4 nitrogen and oxygen atoms in total. The lowest BCUT2D eigenvalue weighted by Gasteiger charge is -2.31. The van der Waals surface area contributed by atoms with E-state index >= 15 is 0 Å². The van der Waals surface area contributed by atoms with Crippen LogP contribution in [0.5, 0.6) is 0 Å². The fourth-order valence-electron chi connectivity index (χ4n) is 3.14. The molecular formula is C17H19ClN4S. The highest BCUT2D eigenvalue weighted by Crippen LogP contribution is 2.40. The minimum absolute atomic E-state index is 0.258. The first-order chi connectivity index (χ1) is 11.1. The molecule has 1 unspecified atom stereocenters. The molecule has 6 heteroatoms. The third-order valence-electron chi connectivity index (χ3n) is 4.08. The molecule has 0 saturated carbocycles. The van der Waals surface area contributed by atoms with E-state index < -0.39 is 0 Å². The lowest BCUT2D eigenvalue weighted by molar-refractivity contribution is 0.299. The summed E-state index contributed by atoms with van der Waals surface area (Å²) in [6, 6.07) is 10.4. The Kier molecular flexibility index (Phi) is 4.80. The topological polar surface area (TPSA) is 54.0 Å². The molecular weight excluding hydrogens is 328 g/mol. The van der Waals surface area contributed by atoms with E-state index in [1.54, 1.807) is 18.4 Å². The summed E-state index contributed by atoms with van der Waals surface area (Å²) in [6.07, 6.45) is 1.29. The van der Waals surface area contributed by atoms with Crippen molar-refractivity contribution in [1.82, 2.24) is 4.90 Å². The van der Waals surface area contributed by atoms with Gasteiger partial charge in [0, 0.05) is 36.5 Å². The van der Waals surface area contributed by atoms with Crippen LogP contribution in [0.1, 0.15) is 27.5 Å². The number of nitrogens with zero attached hydrogens (tertiary/aromatic N) is 3. The van der Waals surface area contributed by atoms with Crippen LogP contribution in [-0.4, -0.2) is 37.7 Å². The summed E-state index contributed by atoms with van der Waals surface area (Å²) >= 11 is 7.93. The van der Waals surface area contributed by atoms with Gasteiger partial charge in [0.2, 0.25) is 0 Å². The zero-order valence-electron chi connectivity index (χ0n) is 13.2. The molecule has 1 aliphatic heterocycles. The van der Waals surface area contributed by atoms with E-state index in [2.05, 4.69) is 40.1 Å². The average molecular weight is 347 g/mol. The Morgan fingerprint density at radius 1 is 1.39 bits per heavy atom. The summed E-state index contributed by atoms with van der Waals surface area (Å²) in [5, 5.41) is 0. The summed E-state index contributed by atoms with van der Waals surface area (Å²) in [6.45, 7) is 1.89. The highest BCUT2D eigenvalue weighted by atomic mass is 35.5. The summed E-state index contributed by atoms with van der Waals surface area (Å²) in [7, 11) is 3.87. The van der Waals surface area contributed by atoms with E-state index in [4.69, 9.17) is 17.3 Å². The van der Waals surface area contributed by atoms with E-state index in [1.165, 1.54) is 22.3 Å². The van der Waals surface area contributed by atoms with E-state index in [9.17, 15) is 0 Å². The van der Waals surface area contributed by atoms with Gasteiger partial charge in [-0.25, -0.2) is 4.99 Å². The number of benzene rings is 1. The van der Waals surface area contributed by atoms with E-state index in [0.717, 1.165) is 23.0 Å². The van der Waals surface area contributed by atoms with Gasteiger partial charge in [-0.15, -0.1) is 11.3 Å². The van der Waals surface area contributed by atoms with Crippen LogP contribution in [0.4, 0.5) is 0 Å². The highest BCUT2D eigenvalue weighted by molar-refractivity contribution is 7.16. The van der Waals surface area contributed by atoms with Crippen molar-refractivity contribution >= 4 is 35.1 Å². The molecule has 1 aliphatic rings. The second-order valence-electron chi connectivity index (χ2n) is 5.59. The van der Waals surface area contributed by atoms with Crippen LogP contribution in [0.25, 0.3) is 0 Å². The average Bonchev–Trinajstić information content (AvgIpc) is 2.92. The van der Waals surface area contributed by atoms with Crippen LogP contribution in [0.2, 0.25) is 4.34 Å². The van der Waals surface area contributed by atoms with E-state index in [1.807, 2.05) is 12.1 Å².